The Balaban J connectivity index is 1.93. The van der Waals surface area contributed by atoms with Gasteiger partial charge < -0.3 is 4.84 Å². The first-order chi connectivity index (χ1) is 9.10. The fourth-order valence-corrected chi connectivity index (χ4v) is 2.11. The lowest BCUT2D eigenvalue weighted by molar-refractivity contribution is -0.197. The van der Waals surface area contributed by atoms with Gasteiger partial charge >= 0.3 is 5.97 Å². The second-order valence-electron chi connectivity index (χ2n) is 4.07. The Labute approximate surface area is 114 Å². The first-order valence-corrected chi connectivity index (χ1v) is 7.02. The van der Waals surface area contributed by atoms with Gasteiger partial charge in [0.25, 0.3) is 11.8 Å². The summed E-state index contributed by atoms with van der Waals surface area (Å²) in [7, 11) is 0. The maximum absolute atomic E-state index is 11.6. The number of thioether (sulfide) groups is 1. The highest BCUT2D eigenvalue weighted by Gasteiger charge is 2.32. The van der Waals surface area contributed by atoms with Gasteiger partial charge in [-0.25, -0.2) is 4.79 Å². The van der Waals surface area contributed by atoms with E-state index in [2.05, 4.69) is 0 Å². The summed E-state index contributed by atoms with van der Waals surface area (Å²) in [6.45, 7) is 0. The van der Waals surface area contributed by atoms with Crippen molar-refractivity contribution in [2.45, 2.75) is 24.2 Å². The van der Waals surface area contributed by atoms with Crippen LogP contribution in [-0.2, 0) is 25.6 Å². The van der Waals surface area contributed by atoms with Gasteiger partial charge in [0.1, 0.15) is 0 Å². The van der Waals surface area contributed by atoms with Crippen molar-refractivity contribution in [1.29, 1.82) is 0 Å². The molecule has 0 N–H and O–H groups in total. The average molecular weight is 279 g/mol. The van der Waals surface area contributed by atoms with Crippen LogP contribution in [0.5, 0.6) is 0 Å². The molecule has 0 unspecified atom stereocenters. The molecule has 0 aromatic heterocycles. The van der Waals surface area contributed by atoms with Gasteiger partial charge in [-0.05, 0) is 24.0 Å². The van der Waals surface area contributed by atoms with E-state index in [9.17, 15) is 14.4 Å². The Bertz CT molecular complexity index is 496. The zero-order valence-electron chi connectivity index (χ0n) is 10.4. The van der Waals surface area contributed by atoms with Crippen molar-refractivity contribution >= 4 is 29.5 Å². The van der Waals surface area contributed by atoms with Crippen LogP contribution < -0.4 is 0 Å². The van der Waals surface area contributed by atoms with Crippen LogP contribution in [0.15, 0.2) is 29.2 Å². The number of carbonyl (C=O) groups excluding carboxylic acids is 3. The van der Waals surface area contributed by atoms with E-state index in [0.29, 0.717) is 5.06 Å². The normalized spacial score (nSPS) is 14.9. The predicted octanol–water partition coefficient (Wildman–Crippen LogP) is 1.56. The Morgan fingerprint density at radius 3 is 2.32 bits per heavy atom. The van der Waals surface area contributed by atoms with E-state index in [-0.39, 0.29) is 19.3 Å². The van der Waals surface area contributed by atoms with Gasteiger partial charge in [0.05, 0.1) is 6.42 Å². The zero-order valence-corrected chi connectivity index (χ0v) is 11.2. The fourth-order valence-electron chi connectivity index (χ4n) is 1.70. The zero-order chi connectivity index (χ0) is 13.8. The van der Waals surface area contributed by atoms with Crippen LogP contribution in [0.25, 0.3) is 0 Å². The van der Waals surface area contributed by atoms with Crippen LogP contribution in [0.4, 0.5) is 0 Å². The Hall–Kier alpha value is -1.82. The fraction of sp³-hybridized carbons (Fsp3) is 0.308. The number of hydroxylamine groups is 2. The third kappa shape index (κ3) is 3.35. The molecule has 1 aromatic rings. The molecule has 2 rings (SSSR count). The third-order valence-corrected chi connectivity index (χ3v) is 3.45. The summed E-state index contributed by atoms with van der Waals surface area (Å²) in [5, 5.41) is 0.568. The van der Waals surface area contributed by atoms with Gasteiger partial charge in [-0.3, -0.25) is 9.59 Å². The number of benzene rings is 1. The Morgan fingerprint density at radius 1 is 1.21 bits per heavy atom. The van der Waals surface area contributed by atoms with E-state index >= 15 is 0 Å². The van der Waals surface area contributed by atoms with Crippen LogP contribution in [0.2, 0.25) is 0 Å². The largest absolute Gasteiger partial charge is 0.337 e. The lowest BCUT2D eigenvalue weighted by atomic mass is 10.2. The van der Waals surface area contributed by atoms with Crippen molar-refractivity contribution in [2.24, 2.45) is 0 Å². The molecule has 19 heavy (non-hydrogen) atoms. The standard InChI is InChI=1S/C13H13NO4S/c1-19-10-4-2-9(3-5-10)8-13(17)18-14-11(15)6-7-12(14)16/h2-5H,6-8H2,1H3. The number of nitrogens with zero attached hydrogens (tertiary/aromatic N) is 1. The first kappa shape index (κ1) is 13.6. The number of imide groups is 1. The first-order valence-electron chi connectivity index (χ1n) is 5.79. The van der Waals surface area contributed by atoms with E-state index in [1.165, 1.54) is 0 Å². The SMILES string of the molecule is CSc1ccc(CC(=O)ON2C(=O)CCC2=O)cc1. The molecule has 0 spiro atoms. The van der Waals surface area contributed by atoms with Crippen LogP contribution in [-0.4, -0.2) is 29.1 Å². The molecule has 1 aromatic carbocycles. The average Bonchev–Trinajstić information content (AvgIpc) is 2.71. The minimum atomic E-state index is -0.611. The number of hydrogen-bond acceptors (Lipinski definition) is 5. The molecule has 1 fully saturated rings. The molecular weight excluding hydrogens is 266 g/mol. The molecule has 100 valence electrons. The molecule has 0 bridgehead atoms. The number of hydrogen-bond donors (Lipinski definition) is 0. The lowest BCUT2D eigenvalue weighted by Gasteiger charge is -2.12. The van der Waals surface area contributed by atoms with Gasteiger partial charge in [0.2, 0.25) is 0 Å². The van der Waals surface area contributed by atoms with Crippen LogP contribution in [0.3, 0.4) is 0 Å². The Morgan fingerprint density at radius 2 is 1.79 bits per heavy atom. The molecule has 1 aliphatic rings. The van der Waals surface area contributed by atoms with Crippen molar-refractivity contribution in [2.75, 3.05) is 6.26 Å². The maximum Gasteiger partial charge on any atom is 0.337 e. The van der Waals surface area contributed by atoms with Gasteiger partial charge in [0.15, 0.2) is 0 Å². The molecule has 0 saturated carbocycles. The molecule has 0 atom stereocenters. The molecule has 2 amide bonds. The summed E-state index contributed by atoms with van der Waals surface area (Å²) in [5.74, 6) is -1.53. The Kier molecular flexibility index (Phi) is 4.21. The van der Waals surface area contributed by atoms with E-state index in [1.807, 2.05) is 30.5 Å². The maximum atomic E-state index is 11.6. The second-order valence-corrected chi connectivity index (χ2v) is 4.95. The molecule has 1 aliphatic heterocycles. The molecule has 5 nitrogen and oxygen atoms in total. The van der Waals surface area contributed by atoms with Crippen LogP contribution in [0.1, 0.15) is 18.4 Å². The van der Waals surface area contributed by atoms with E-state index < -0.39 is 17.8 Å². The highest BCUT2D eigenvalue weighted by atomic mass is 32.2. The molecule has 0 radical (unpaired) electrons. The minimum Gasteiger partial charge on any atom is -0.330 e. The molecule has 1 saturated heterocycles. The van der Waals surface area contributed by atoms with Crippen molar-refractivity contribution < 1.29 is 19.2 Å². The van der Waals surface area contributed by atoms with Crippen LogP contribution in [0, 0.1) is 0 Å². The highest BCUT2D eigenvalue weighted by molar-refractivity contribution is 7.98. The summed E-state index contributed by atoms with van der Waals surface area (Å²) < 4.78 is 0. The lowest BCUT2D eigenvalue weighted by Crippen LogP contribution is -2.32. The van der Waals surface area contributed by atoms with Gasteiger partial charge in [-0.15, -0.1) is 16.8 Å². The molecular formula is C13H13NO4S. The number of carbonyl (C=O) groups is 3. The van der Waals surface area contributed by atoms with Gasteiger partial charge in [-0.1, -0.05) is 12.1 Å². The van der Waals surface area contributed by atoms with Crippen molar-refractivity contribution in [3.8, 4) is 0 Å². The topological polar surface area (TPSA) is 63.7 Å². The number of amides is 2. The van der Waals surface area contributed by atoms with Crippen molar-refractivity contribution in [1.82, 2.24) is 5.06 Å². The summed E-state index contributed by atoms with van der Waals surface area (Å²) in [6.07, 6.45) is 2.21. The molecule has 1 heterocycles. The summed E-state index contributed by atoms with van der Waals surface area (Å²) >= 11 is 1.61. The molecule has 6 heteroatoms. The minimum absolute atomic E-state index is 0.0335. The monoisotopic (exact) mass is 279 g/mol. The predicted molar refractivity (Wildman–Crippen MR) is 69.1 cm³/mol. The van der Waals surface area contributed by atoms with Crippen molar-refractivity contribution in [3.05, 3.63) is 29.8 Å². The van der Waals surface area contributed by atoms with E-state index in [1.54, 1.807) is 11.8 Å². The molecule has 0 aliphatic carbocycles. The van der Waals surface area contributed by atoms with Crippen molar-refractivity contribution in [3.63, 3.8) is 0 Å². The summed E-state index contributed by atoms with van der Waals surface area (Å²) in [6, 6.07) is 7.44. The summed E-state index contributed by atoms with van der Waals surface area (Å²) in [5.41, 5.74) is 0.780. The quantitative estimate of drug-likeness (QED) is 0.618. The third-order valence-electron chi connectivity index (χ3n) is 2.71. The highest BCUT2D eigenvalue weighted by Crippen LogP contribution is 2.16. The van der Waals surface area contributed by atoms with Gasteiger partial charge in [0, 0.05) is 17.7 Å². The number of rotatable bonds is 4. The van der Waals surface area contributed by atoms with E-state index in [0.717, 1.165) is 10.5 Å². The van der Waals surface area contributed by atoms with Crippen LogP contribution >= 0.6 is 11.8 Å². The summed E-state index contributed by atoms with van der Waals surface area (Å²) in [4.78, 5) is 40.1. The smallest absolute Gasteiger partial charge is 0.330 e. The van der Waals surface area contributed by atoms with Gasteiger partial charge in [-0.2, -0.15) is 0 Å². The van der Waals surface area contributed by atoms with E-state index in [4.69, 9.17) is 4.84 Å². The second kappa shape index (κ2) is 5.88.